The first-order valence-electron chi connectivity index (χ1n) is 6.63. The summed E-state index contributed by atoms with van der Waals surface area (Å²) in [5, 5.41) is 8.88. The van der Waals surface area contributed by atoms with E-state index in [2.05, 4.69) is 4.72 Å². The molecule has 1 rings (SSSR count). The van der Waals surface area contributed by atoms with Gasteiger partial charge >= 0.3 is 5.97 Å². The summed E-state index contributed by atoms with van der Waals surface area (Å²) in [5.74, 6) is -0.661. The highest BCUT2D eigenvalue weighted by atomic mass is 32.2. The number of sulfonamides is 1. The maximum Gasteiger partial charge on any atom is 0.306 e. The van der Waals surface area contributed by atoms with Crippen molar-refractivity contribution in [2.24, 2.45) is 11.8 Å². The summed E-state index contributed by atoms with van der Waals surface area (Å²) >= 11 is 0. The van der Waals surface area contributed by atoms with E-state index in [-0.39, 0.29) is 17.6 Å². The zero-order valence-corrected chi connectivity index (χ0v) is 12.1. The summed E-state index contributed by atoms with van der Waals surface area (Å²) in [6, 6.07) is 0. The van der Waals surface area contributed by atoms with E-state index < -0.39 is 16.0 Å². The first-order chi connectivity index (χ1) is 8.94. The van der Waals surface area contributed by atoms with Crippen molar-refractivity contribution in [1.29, 1.82) is 0 Å². The predicted molar refractivity (Wildman–Crippen MR) is 71.4 cm³/mol. The minimum Gasteiger partial charge on any atom is -0.481 e. The minimum atomic E-state index is -3.23. The second-order valence-corrected chi connectivity index (χ2v) is 7.00. The minimum absolute atomic E-state index is 0.0747. The third-order valence-corrected chi connectivity index (χ3v) is 4.98. The van der Waals surface area contributed by atoms with Crippen LogP contribution in [0.25, 0.3) is 0 Å². The fourth-order valence-corrected chi connectivity index (χ4v) is 3.46. The van der Waals surface area contributed by atoms with Crippen LogP contribution >= 0.6 is 0 Å². The van der Waals surface area contributed by atoms with Gasteiger partial charge in [-0.1, -0.05) is 0 Å². The molecule has 0 bridgehead atoms. The number of methoxy groups -OCH3 is 1. The molecule has 0 aromatic carbocycles. The second-order valence-electron chi connectivity index (χ2n) is 5.07. The molecule has 0 aromatic rings. The van der Waals surface area contributed by atoms with E-state index in [4.69, 9.17) is 9.84 Å². The largest absolute Gasteiger partial charge is 0.481 e. The molecular formula is C12H23NO5S. The van der Waals surface area contributed by atoms with Gasteiger partial charge < -0.3 is 9.84 Å². The second kappa shape index (κ2) is 7.81. The molecule has 0 spiro atoms. The van der Waals surface area contributed by atoms with Gasteiger partial charge in [0.25, 0.3) is 0 Å². The number of carboxylic acid groups (broad SMARTS) is 1. The van der Waals surface area contributed by atoms with E-state index in [9.17, 15) is 13.2 Å². The zero-order chi connectivity index (χ0) is 14.3. The highest BCUT2D eigenvalue weighted by molar-refractivity contribution is 7.89. The number of carbonyl (C=O) groups is 1. The molecule has 0 unspecified atom stereocenters. The molecule has 0 heterocycles. The van der Waals surface area contributed by atoms with Gasteiger partial charge in [-0.15, -0.1) is 0 Å². The third kappa shape index (κ3) is 6.35. The number of ether oxygens (including phenoxy) is 1. The van der Waals surface area contributed by atoms with Gasteiger partial charge in [0.15, 0.2) is 0 Å². The summed E-state index contributed by atoms with van der Waals surface area (Å²) in [7, 11) is -1.69. The Bertz CT molecular complexity index is 374. The Balaban J connectivity index is 2.24. The van der Waals surface area contributed by atoms with E-state index in [1.165, 1.54) is 0 Å². The summed E-state index contributed by atoms with van der Waals surface area (Å²) in [5.41, 5.74) is 0. The predicted octanol–water partition coefficient (Wildman–Crippen LogP) is 0.833. The van der Waals surface area contributed by atoms with Gasteiger partial charge in [-0.3, -0.25) is 4.79 Å². The quantitative estimate of drug-likeness (QED) is 0.647. The molecule has 1 aliphatic rings. The molecule has 7 heteroatoms. The Morgan fingerprint density at radius 2 is 1.95 bits per heavy atom. The van der Waals surface area contributed by atoms with Gasteiger partial charge in [0.1, 0.15) is 0 Å². The van der Waals surface area contributed by atoms with Gasteiger partial charge in [-0.05, 0) is 38.0 Å². The van der Waals surface area contributed by atoms with Crippen molar-refractivity contribution < 1.29 is 23.1 Å². The first kappa shape index (κ1) is 16.4. The fraction of sp³-hybridized carbons (Fsp3) is 0.917. The maximum atomic E-state index is 11.7. The Labute approximate surface area is 114 Å². The maximum absolute atomic E-state index is 11.7. The lowest BCUT2D eigenvalue weighted by Gasteiger charge is -2.26. The van der Waals surface area contributed by atoms with E-state index in [1.54, 1.807) is 7.11 Å². The van der Waals surface area contributed by atoms with Crippen LogP contribution in [0, 0.1) is 11.8 Å². The molecule has 1 fully saturated rings. The summed E-state index contributed by atoms with van der Waals surface area (Å²) < 4.78 is 30.7. The molecule has 1 aliphatic carbocycles. The molecule has 1 saturated carbocycles. The number of rotatable bonds is 8. The lowest BCUT2D eigenvalue weighted by Crippen LogP contribution is -2.34. The van der Waals surface area contributed by atoms with Crippen molar-refractivity contribution in [2.45, 2.75) is 32.1 Å². The molecule has 0 aliphatic heterocycles. The zero-order valence-electron chi connectivity index (χ0n) is 11.3. The Morgan fingerprint density at radius 1 is 1.32 bits per heavy atom. The van der Waals surface area contributed by atoms with Crippen LogP contribution in [0.1, 0.15) is 32.1 Å². The van der Waals surface area contributed by atoms with Crippen molar-refractivity contribution in [3.05, 3.63) is 0 Å². The van der Waals surface area contributed by atoms with Crippen LogP contribution < -0.4 is 4.72 Å². The first-order valence-corrected chi connectivity index (χ1v) is 8.29. The van der Waals surface area contributed by atoms with Crippen LogP contribution in [-0.2, 0) is 19.6 Å². The molecule has 0 atom stereocenters. The van der Waals surface area contributed by atoms with E-state index in [1.807, 2.05) is 0 Å². The van der Waals surface area contributed by atoms with Crippen molar-refractivity contribution in [3.63, 3.8) is 0 Å². The van der Waals surface area contributed by atoms with Crippen LogP contribution in [0.15, 0.2) is 0 Å². The van der Waals surface area contributed by atoms with Crippen molar-refractivity contribution >= 4 is 16.0 Å². The van der Waals surface area contributed by atoms with E-state index in [0.29, 0.717) is 32.4 Å². The van der Waals surface area contributed by atoms with Crippen molar-refractivity contribution in [1.82, 2.24) is 4.72 Å². The lowest BCUT2D eigenvalue weighted by atomic mass is 9.82. The van der Waals surface area contributed by atoms with Crippen molar-refractivity contribution in [2.75, 3.05) is 26.0 Å². The molecule has 0 radical (unpaired) electrons. The van der Waals surface area contributed by atoms with Crippen LogP contribution in [0.3, 0.4) is 0 Å². The topological polar surface area (TPSA) is 92.7 Å². The molecule has 0 aromatic heterocycles. The van der Waals surface area contributed by atoms with Crippen molar-refractivity contribution in [3.8, 4) is 0 Å². The molecular weight excluding hydrogens is 270 g/mol. The summed E-state index contributed by atoms with van der Waals surface area (Å²) in [6.45, 7) is 0.853. The average molecular weight is 293 g/mol. The molecule has 112 valence electrons. The highest BCUT2D eigenvalue weighted by Gasteiger charge is 2.26. The normalized spacial score (nSPS) is 24.3. The standard InChI is InChI=1S/C12H23NO5S/c1-18-7-2-8-19(16,17)13-9-10-3-5-11(6-4-10)12(14)15/h10-11,13H,2-9H2,1H3,(H,14,15). The van der Waals surface area contributed by atoms with Crippen LogP contribution in [0.4, 0.5) is 0 Å². The number of carboxylic acids is 1. The van der Waals surface area contributed by atoms with Gasteiger partial charge in [0.2, 0.25) is 10.0 Å². The molecule has 0 amide bonds. The molecule has 19 heavy (non-hydrogen) atoms. The third-order valence-electron chi connectivity index (χ3n) is 3.55. The number of aliphatic carboxylic acids is 1. The summed E-state index contributed by atoms with van der Waals surface area (Å²) in [4.78, 5) is 10.8. The molecule has 0 saturated heterocycles. The monoisotopic (exact) mass is 293 g/mol. The van der Waals surface area contributed by atoms with Gasteiger partial charge in [0.05, 0.1) is 11.7 Å². The van der Waals surface area contributed by atoms with Crippen LogP contribution in [0.2, 0.25) is 0 Å². The number of hydrogen-bond donors (Lipinski definition) is 2. The van der Waals surface area contributed by atoms with Gasteiger partial charge in [-0.25, -0.2) is 13.1 Å². The van der Waals surface area contributed by atoms with E-state index >= 15 is 0 Å². The lowest BCUT2D eigenvalue weighted by molar-refractivity contribution is -0.143. The Morgan fingerprint density at radius 3 is 2.47 bits per heavy atom. The Kier molecular flexibility index (Phi) is 6.74. The van der Waals surface area contributed by atoms with Gasteiger partial charge in [0, 0.05) is 20.3 Å². The van der Waals surface area contributed by atoms with Crippen LogP contribution in [-0.4, -0.2) is 45.5 Å². The molecule has 2 N–H and O–H groups in total. The van der Waals surface area contributed by atoms with E-state index in [0.717, 1.165) is 12.8 Å². The Hall–Kier alpha value is -0.660. The number of hydrogen-bond acceptors (Lipinski definition) is 4. The van der Waals surface area contributed by atoms with Crippen LogP contribution in [0.5, 0.6) is 0 Å². The van der Waals surface area contributed by atoms with Gasteiger partial charge in [-0.2, -0.15) is 0 Å². The number of nitrogens with one attached hydrogen (secondary N) is 1. The average Bonchev–Trinajstić information content (AvgIpc) is 2.37. The highest BCUT2D eigenvalue weighted by Crippen LogP contribution is 2.28. The smallest absolute Gasteiger partial charge is 0.306 e. The molecule has 6 nitrogen and oxygen atoms in total. The SMILES string of the molecule is COCCCS(=O)(=O)NCC1CCC(C(=O)O)CC1. The summed E-state index contributed by atoms with van der Waals surface area (Å²) in [6.07, 6.45) is 3.32. The fourth-order valence-electron chi connectivity index (χ4n) is 2.32.